The van der Waals surface area contributed by atoms with E-state index in [1.165, 1.54) is 11.8 Å². The number of amides is 1. The molecule has 0 radical (unpaired) electrons. The fraction of sp³-hybridized carbons (Fsp3) is 0.208. The molecule has 3 aromatic rings. The van der Waals surface area contributed by atoms with E-state index in [0.29, 0.717) is 15.6 Å². The number of benzene rings is 2. The van der Waals surface area contributed by atoms with E-state index in [2.05, 4.69) is 34.0 Å². The molecule has 0 spiro atoms. The number of aromatic nitrogens is 1. The van der Waals surface area contributed by atoms with Crippen LogP contribution in [0.15, 0.2) is 47.5 Å². The van der Waals surface area contributed by atoms with Crippen molar-refractivity contribution in [2.75, 3.05) is 11.1 Å². The molecule has 1 aromatic heterocycles. The Kier molecular flexibility index (Phi) is 6.85. The fourth-order valence-corrected chi connectivity index (χ4v) is 5.37. The third-order valence-corrected chi connectivity index (χ3v) is 7.14. The van der Waals surface area contributed by atoms with Crippen LogP contribution in [0.3, 0.4) is 0 Å². The number of nitrogens with one attached hydrogen (secondary N) is 1. The maximum absolute atomic E-state index is 12.6. The zero-order valence-electron chi connectivity index (χ0n) is 16.8. The molecule has 0 aliphatic heterocycles. The Labute approximate surface area is 204 Å². The number of thioether (sulfide) groups is 1. The molecule has 0 bridgehead atoms. The lowest BCUT2D eigenvalue weighted by molar-refractivity contribution is -0.113. The number of carbonyl (C=O) groups excluding carboxylic acids is 1. The quantitative estimate of drug-likeness (QED) is 0.290. The van der Waals surface area contributed by atoms with E-state index < -0.39 is 0 Å². The lowest BCUT2D eigenvalue weighted by Gasteiger charge is -2.15. The Bertz CT molecular complexity index is 1200. The van der Waals surface area contributed by atoms with Gasteiger partial charge < -0.3 is 5.32 Å². The van der Waals surface area contributed by atoms with Crippen molar-refractivity contribution in [1.82, 2.24) is 4.98 Å². The van der Waals surface area contributed by atoms with E-state index in [0.717, 1.165) is 56.5 Å². The van der Waals surface area contributed by atoms with Gasteiger partial charge in [-0.05, 0) is 95.8 Å². The van der Waals surface area contributed by atoms with Crippen LogP contribution in [0.4, 0.5) is 5.69 Å². The molecule has 7 heteroatoms. The molecule has 0 fully saturated rings. The lowest BCUT2D eigenvalue weighted by atomic mass is 9.95. The van der Waals surface area contributed by atoms with Crippen LogP contribution in [0.2, 0.25) is 5.02 Å². The molecular weight excluding hydrogens is 541 g/mol. The van der Waals surface area contributed by atoms with Crippen LogP contribution >= 0.6 is 46.0 Å². The summed E-state index contributed by atoms with van der Waals surface area (Å²) in [6.07, 6.45) is 2.82. The van der Waals surface area contributed by atoms with Crippen molar-refractivity contribution in [2.24, 2.45) is 0 Å². The molecule has 31 heavy (non-hydrogen) atoms. The third-order valence-electron chi connectivity index (χ3n) is 5.24. The highest BCUT2D eigenvalue weighted by atomic mass is 127. The summed E-state index contributed by atoms with van der Waals surface area (Å²) in [5.41, 5.74) is 6.41. The van der Waals surface area contributed by atoms with Gasteiger partial charge in [-0.3, -0.25) is 4.79 Å². The number of aryl methyl sites for hydroxylation is 2. The van der Waals surface area contributed by atoms with Crippen LogP contribution in [-0.2, 0) is 17.6 Å². The summed E-state index contributed by atoms with van der Waals surface area (Å²) in [6, 6.07) is 15.8. The topological polar surface area (TPSA) is 65.8 Å². The summed E-state index contributed by atoms with van der Waals surface area (Å²) in [5, 5.41) is 14.2. The highest BCUT2D eigenvalue weighted by molar-refractivity contribution is 14.1. The SMILES string of the molecule is Cc1cc(I)ccc1NC(=O)CSc1nc2c(c(-c3ccc(Cl)cc3)c1C#N)CCC2. The molecule has 0 saturated carbocycles. The Hall–Kier alpha value is -2.08. The fourth-order valence-electron chi connectivity index (χ4n) is 3.79. The van der Waals surface area contributed by atoms with Crippen molar-refractivity contribution in [3.8, 4) is 17.2 Å². The van der Waals surface area contributed by atoms with Gasteiger partial charge in [0.25, 0.3) is 0 Å². The molecule has 1 amide bonds. The van der Waals surface area contributed by atoms with Gasteiger partial charge >= 0.3 is 0 Å². The Morgan fingerprint density at radius 1 is 1.26 bits per heavy atom. The first-order chi connectivity index (χ1) is 15.0. The predicted molar refractivity (Wildman–Crippen MR) is 135 cm³/mol. The number of hydrogen-bond acceptors (Lipinski definition) is 4. The number of anilines is 1. The second-order valence-electron chi connectivity index (χ2n) is 7.36. The third kappa shape index (κ3) is 4.89. The van der Waals surface area contributed by atoms with Crippen molar-refractivity contribution < 1.29 is 4.79 Å². The van der Waals surface area contributed by atoms with Crippen molar-refractivity contribution >= 4 is 57.5 Å². The number of nitrogens with zero attached hydrogens (tertiary/aromatic N) is 2. The molecule has 156 valence electrons. The molecular formula is C24H19ClIN3OS. The maximum atomic E-state index is 12.6. The van der Waals surface area contributed by atoms with Crippen LogP contribution in [0.1, 0.15) is 28.8 Å². The van der Waals surface area contributed by atoms with E-state index in [1.54, 1.807) is 0 Å². The van der Waals surface area contributed by atoms with Gasteiger partial charge in [0.2, 0.25) is 5.91 Å². The van der Waals surface area contributed by atoms with Crippen molar-refractivity contribution in [3.63, 3.8) is 0 Å². The average molecular weight is 560 g/mol. The number of nitriles is 1. The number of fused-ring (bicyclic) bond motifs is 1. The van der Waals surface area contributed by atoms with E-state index in [9.17, 15) is 10.1 Å². The molecule has 0 atom stereocenters. The molecule has 1 heterocycles. The molecule has 0 saturated heterocycles. The minimum Gasteiger partial charge on any atom is -0.325 e. The number of pyridine rings is 1. The molecule has 4 rings (SSSR count). The van der Waals surface area contributed by atoms with Gasteiger partial charge in [0.15, 0.2) is 0 Å². The van der Waals surface area contributed by atoms with Gasteiger partial charge in [0, 0.05) is 25.5 Å². The minimum atomic E-state index is -0.117. The minimum absolute atomic E-state index is 0.117. The summed E-state index contributed by atoms with van der Waals surface area (Å²) in [5.74, 6) is 0.0694. The first-order valence-corrected chi connectivity index (χ1v) is 12.3. The maximum Gasteiger partial charge on any atom is 0.234 e. The van der Waals surface area contributed by atoms with Gasteiger partial charge in [-0.1, -0.05) is 35.5 Å². The van der Waals surface area contributed by atoms with Crippen LogP contribution in [0.25, 0.3) is 11.1 Å². The highest BCUT2D eigenvalue weighted by Crippen LogP contribution is 2.38. The zero-order valence-corrected chi connectivity index (χ0v) is 20.6. The van der Waals surface area contributed by atoms with E-state index >= 15 is 0 Å². The van der Waals surface area contributed by atoms with Gasteiger partial charge in [-0.25, -0.2) is 4.98 Å². The number of rotatable bonds is 5. The Morgan fingerprint density at radius 3 is 2.74 bits per heavy atom. The molecule has 4 nitrogen and oxygen atoms in total. The largest absolute Gasteiger partial charge is 0.325 e. The second kappa shape index (κ2) is 9.60. The molecule has 1 N–H and O–H groups in total. The molecule has 0 unspecified atom stereocenters. The molecule has 1 aliphatic carbocycles. The van der Waals surface area contributed by atoms with Gasteiger partial charge in [0.1, 0.15) is 11.1 Å². The van der Waals surface area contributed by atoms with Crippen LogP contribution in [0, 0.1) is 21.8 Å². The summed E-state index contributed by atoms with van der Waals surface area (Å²) in [6.45, 7) is 1.97. The normalized spacial score (nSPS) is 12.3. The average Bonchev–Trinajstić information content (AvgIpc) is 3.22. The zero-order chi connectivity index (χ0) is 22.0. The van der Waals surface area contributed by atoms with Crippen molar-refractivity contribution in [1.29, 1.82) is 5.26 Å². The number of halogens is 2. The predicted octanol–water partition coefficient (Wildman–Crippen LogP) is 6.41. The summed E-state index contributed by atoms with van der Waals surface area (Å²) in [4.78, 5) is 17.4. The van der Waals surface area contributed by atoms with Crippen LogP contribution in [0.5, 0.6) is 0 Å². The second-order valence-corrected chi connectivity index (χ2v) is 10.0. The van der Waals surface area contributed by atoms with E-state index in [-0.39, 0.29) is 11.7 Å². The van der Waals surface area contributed by atoms with Crippen molar-refractivity contribution in [3.05, 3.63) is 73.4 Å². The monoisotopic (exact) mass is 559 g/mol. The smallest absolute Gasteiger partial charge is 0.234 e. The van der Waals surface area contributed by atoms with Crippen LogP contribution in [-0.4, -0.2) is 16.6 Å². The van der Waals surface area contributed by atoms with E-state index in [1.807, 2.05) is 49.4 Å². The summed E-state index contributed by atoms with van der Waals surface area (Å²) in [7, 11) is 0. The van der Waals surface area contributed by atoms with E-state index in [4.69, 9.17) is 16.6 Å². The van der Waals surface area contributed by atoms with Gasteiger partial charge in [0.05, 0.1) is 11.3 Å². The van der Waals surface area contributed by atoms with Crippen molar-refractivity contribution in [2.45, 2.75) is 31.2 Å². The molecule has 2 aromatic carbocycles. The standard InChI is InChI=1S/C24H19ClIN3OS/c1-14-11-17(26)9-10-20(14)28-22(30)13-31-24-19(12-27)23(15-5-7-16(25)8-6-15)18-3-2-4-21(18)29-24/h5-11H,2-4,13H2,1H3,(H,28,30). The lowest BCUT2D eigenvalue weighted by Crippen LogP contribution is -2.15. The first-order valence-electron chi connectivity index (χ1n) is 9.87. The number of carbonyl (C=O) groups is 1. The Balaban J connectivity index is 1.61. The Morgan fingerprint density at radius 2 is 2.03 bits per heavy atom. The summed E-state index contributed by atoms with van der Waals surface area (Å²) >= 11 is 9.63. The highest BCUT2D eigenvalue weighted by Gasteiger charge is 2.24. The number of hydrogen-bond donors (Lipinski definition) is 1. The molecule has 1 aliphatic rings. The van der Waals surface area contributed by atoms with Gasteiger partial charge in [-0.2, -0.15) is 5.26 Å². The summed E-state index contributed by atoms with van der Waals surface area (Å²) < 4.78 is 1.12. The van der Waals surface area contributed by atoms with Gasteiger partial charge in [-0.15, -0.1) is 0 Å². The first kappa shape index (κ1) is 22.1. The van der Waals surface area contributed by atoms with Crippen LogP contribution < -0.4 is 5.32 Å².